The van der Waals surface area contributed by atoms with Crippen LogP contribution >= 0.6 is 0 Å². The molecule has 0 radical (unpaired) electrons. The largest absolute Gasteiger partial charge is 0.304 e. The Hall–Kier alpha value is -2.18. The van der Waals surface area contributed by atoms with Crippen molar-refractivity contribution in [1.29, 1.82) is 0 Å². The zero-order chi connectivity index (χ0) is 9.97. The number of aromatic nitrogens is 5. The van der Waals surface area contributed by atoms with E-state index < -0.39 is 0 Å². The second-order valence-electron chi connectivity index (χ2n) is 2.63. The van der Waals surface area contributed by atoms with E-state index in [4.69, 9.17) is 0 Å². The van der Waals surface area contributed by atoms with Gasteiger partial charge in [-0.15, -0.1) is 0 Å². The lowest BCUT2D eigenvalue weighted by Gasteiger charge is -2.01. The summed E-state index contributed by atoms with van der Waals surface area (Å²) in [5.41, 5.74) is 0. The molecule has 2 N–H and O–H groups in total. The SMILES string of the molecule is Cn1nccc1NC(=O)c1ncn[nH]1. The Morgan fingerprint density at radius 2 is 2.50 bits per heavy atom. The van der Waals surface area contributed by atoms with Gasteiger partial charge in [-0.1, -0.05) is 0 Å². The Morgan fingerprint density at radius 1 is 1.64 bits per heavy atom. The monoisotopic (exact) mass is 192 g/mol. The fraction of sp³-hybridized carbons (Fsp3) is 0.143. The van der Waals surface area contributed by atoms with Gasteiger partial charge in [0, 0.05) is 13.1 Å². The zero-order valence-electron chi connectivity index (χ0n) is 7.43. The summed E-state index contributed by atoms with van der Waals surface area (Å²) in [5.74, 6) is 0.434. The number of H-pyrrole nitrogens is 1. The van der Waals surface area contributed by atoms with Gasteiger partial charge in [-0.3, -0.25) is 14.6 Å². The van der Waals surface area contributed by atoms with Gasteiger partial charge in [0.1, 0.15) is 12.1 Å². The molecule has 0 aliphatic carbocycles. The minimum atomic E-state index is -0.342. The molecule has 0 saturated carbocycles. The van der Waals surface area contributed by atoms with Gasteiger partial charge < -0.3 is 5.32 Å². The molecule has 2 heterocycles. The van der Waals surface area contributed by atoms with Gasteiger partial charge in [0.05, 0.1) is 6.20 Å². The lowest BCUT2D eigenvalue weighted by Crippen LogP contribution is -2.16. The van der Waals surface area contributed by atoms with E-state index in [0.29, 0.717) is 5.82 Å². The lowest BCUT2D eigenvalue weighted by molar-refractivity contribution is 0.101. The van der Waals surface area contributed by atoms with E-state index in [1.807, 2.05) is 0 Å². The van der Waals surface area contributed by atoms with Crippen LogP contribution in [0, 0.1) is 0 Å². The quantitative estimate of drug-likeness (QED) is 0.689. The van der Waals surface area contributed by atoms with Crippen LogP contribution in [0.2, 0.25) is 0 Å². The van der Waals surface area contributed by atoms with Gasteiger partial charge in [0.2, 0.25) is 5.82 Å². The number of carbonyl (C=O) groups is 1. The van der Waals surface area contributed by atoms with Crippen LogP contribution < -0.4 is 5.32 Å². The predicted molar refractivity (Wildman–Crippen MR) is 47.5 cm³/mol. The molecule has 7 nitrogen and oxygen atoms in total. The molecule has 0 unspecified atom stereocenters. The summed E-state index contributed by atoms with van der Waals surface area (Å²) in [6.45, 7) is 0. The van der Waals surface area contributed by atoms with Crippen molar-refractivity contribution in [3.8, 4) is 0 Å². The standard InChI is InChI=1S/C7H8N6O/c1-13-5(2-3-10-13)11-7(14)6-8-4-9-12-6/h2-4H,1H3,(H,11,14)(H,8,9,12). The van der Waals surface area contributed by atoms with Crippen LogP contribution in [0.5, 0.6) is 0 Å². The summed E-state index contributed by atoms with van der Waals surface area (Å²) in [5, 5.41) is 12.6. The van der Waals surface area contributed by atoms with Crippen molar-refractivity contribution in [3.63, 3.8) is 0 Å². The summed E-state index contributed by atoms with van der Waals surface area (Å²) in [6.07, 6.45) is 2.87. The second kappa shape index (κ2) is 3.29. The summed E-state index contributed by atoms with van der Waals surface area (Å²) in [7, 11) is 1.73. The maximum atomic E-state index is 11.4. The van der Waals surface area contributed by atoms with E-state index in [1.54, 1.807) is 24.0 Å². The number of aromatic amines is 1. The summed E-state index contributed by atoms with van der Waals surface area (Å²) < 4.78 is 1.55. The average molecular weight is 192 g/mol. The Balaban J connectivity index is 2.13. The van der Waals surface area contributed by atoms with Crippen LogP contribution in [-0.2, 0) is 7.05 Å². The van der Waals surface area contributed by atoms with Gasteiger partial charge in [0.15, 0.2) is 0 Å². The zero-order valence-corrected chi connectivity index (χ0v) is 7.43. The van der Waals surface area contributed by atoms with Crippen molar-refractivity contribution in [2.75, 3.05) is 5.32 Å². The van der Waals surface area contributed by atoms with Crippen molar-refractivity contribution < 1.29 is 4.79 Å². The number of hydrogen-bond donors (Lipinski definition) is 2. The van der Waals surface area contributed by atoms with E-state index in [2.05, 4.69) is 25.6 Å². The number of anilines is 1. The van der Waals surface area contributed by atoms with Gasteiger partial charge >= 0.3 is 0 Å². The predicted octanol–water partition coefficient (Wildman–Crippen LogP) is -0.210. The Labute approximate surface area is 79.2 Å². The summed E-state index contributed by atoms with van der Waals surface area (Å²) in [4.78, 5) is 15.2. The first-order valence-corrected chi connectivity index (χ1v) is 3.92. The fourth-order valence-corrected chi connectivity index (χ4v) is 0.987. The highest BCUT2D eigenvalue weighted by atomic mass is 16.2. The van der Waals surface area contributed by atoms with Crippen molar-refractivity contribution in [2.45, 2.75) is 0 Å². The van der Waals surface area contributed by atoms with Gasteiger partial charge in [-0.25, -0.2) is 4.98 Å². The number of carbonyl (C=O) groups excluding carboxylic acids is 1. The third kappa shape index (κ3) is 1.47. The molecule has 7 heteroatoms. The number of rotatable bonds is 2. The highest BCUT2D eigenvalue weighted by molar-refractivity contribution is 6.00. The molecule has 14 heavy (non-hydrogen) atoms. The number of nitrogens with one attached hydrogen (secondary N) is 2. The third-order valence-corrected chi connectivity index (χ3v) is 1.69. The first-order chi connectivity index (χ1) is 6.77. The van der Waals surface area contributed by atoms with E-state index in [1.165, 1.54) is 6.33 Å². The van der Waals surface area contributed by atoms with Crippen LogP contribution in [0.15, 0.2) is 18.6 Å². The second-order valence-corrected chi connectivity index (χ2v) is 2.63. The molecule has 2 aromatic heterocycles. The molecule has 0 fully saturated rings. The van der Waals surface area contributed by atoms with Crippen LogP contribution in [0.3, 0.4) is 0 Å². The van der Waals surface area contributed by atoms with Crippen LogP contribution in [0.1, 0.15) is 10.6 Å². The number of amides is 1. The molecule has 0 aliphatic heterocycles. The summed E-state index contributed by atoms with van der Waals surface area (Å²) in [6, 6.07) is 1.69. The maximum absolute atomic E-state index is 11.4. The van der Waals surface area contributed by atoms with E-state index in [-0.39, 0.29) is 11.7 Å². The molecule has 2 aromatic rings. The van der Waals surface area contributed by atoms with Crippen molar-refractivity contribution in [2.24, 2.45) is 7.05 Å². The first kappa shape index (κ1) is 8.42. The summed E-state index contributed by atoms with van der Waals surface area (Å²) >= 11 is 0. The topological polar surface area (TPSA) is 88.5 Å². The van der Waals surface area contributed by atoms with Crippen LogP contribution in [0.4, 0.5) is 5.82 Å². The molecule has 2 rings (SSSR count). The molecule has 72 valence electrons. The van der Waals surface area contributed by atoms with E-state index in [0.717, 1.165) is 0 Å². The molecular weight excluding hydrogens is 184 g/mol. The molecule has 0 aromatic carbocycles. The molecular formula is C7H8N6O. The molecule has 0 spiro atoms. The fourth-order valence-electron chi connectivity index (χ4n) is 0.987. The smallest absolute Gasteiger partial charge is 0.294 e. The minimum Gasteiger partial charge on any atom is -0.304 e. The van der Waals surface area contributed by atoms with Gasteiger partial charge in [-0.05, 0) is 0 Å². The van der Waals surface area contributed by atoms with Crippen LogP contribution in [-0.4, -0.2) is 30.9 Å². The molecule has 0 saturated heterocycles. The van der Waals surface area contributed by atoms with Crippen LogP contribution in [0.25, 0.3) is 0 Å². The highest BCUT2D eigenvalue weighted by Gasteiger charge is 2.09. The van der Waals surface area contributed by atoms with Crippen molar-refractivity contribution >= 4 is 11.7 Å². The number of hydrogen-bond acceptors (Lipinski definition) is 4. The first-order valence-electron chi connectivity index (χ1n) is 3.92. The van der Waals surface area contributed by atoms with Gasteiger partial charge in [0.25, 0.3) is 5.91 Å². The maximum Gasteiger partial charge on any atom is 0.294 e. The van der Waals surface area contributed by atoms with Gasteiger partial charge in [-0.2, -0.15) is 10.2 Å². The molecule has 0 aliphatic rings. The Morgan fingerprint density at radius 3 is 3.07 bits per heavy atom. The number of nitrogens with zero attached hydrogens (tertiary/aromatic N) is 4. The highest BCUT2D eigenvalue weighted by Crippen LogP contribution is 2.04. The average Bonchev–Trinajstić information content (AvgIpc) is 2.77. The Bertz CT molecular complexity index is 431. The van der Waals surface area contributed by atoms with E-state index in [9.17, 15) is 4.79 Å². The molecule has 0 atom stereocenters. The Kier molecular flexibility index (Phi) is 1.98. The van der Waals surface area contributed by atoms with Crippen molar-refractivity contribution in [1.82, 2.24) is 25.0 Å². The number of aryl methyl sites for hydroxylation is 1. The van der Waals surface area contributed by atoms with Crippen molar-refractivity contribution in [3.05, 3.63) is 24.4 Å². The molecule has 1 amide bonds. The van der Waals surface area contributed by atoms with E-state index >= 15 is 0 Å². The minimum absolute atomic E-state index is 0.172. The lowest BCUT2D eigenvalue weighted by atomic mass is 10.5. The normalized spacial score (nSPS) is 10.1. The third-order valence-electron chi connectivity index (χ3n) is 1.69. The molecule has 0 bridgehead atoms.